The summed E-state index contributed by atoms with van der Waals surface area (Å²) < 4.78 is 14.8. The molecule has 2 rings (SSSR count). The Labute approximate surface area is 77.1 Å². The van der Waals surface area contributed by atoms with Crippen LogP contribution in [0.3, 0.4) is 0 Å². The highest BCUT2D eigenvalue weighted by atomic mass is 19.1. The van der Waals surface area contributed by atoms with Crippen molar-refractivity contribution in [3.8, 4) is 0 Å². The van der Waals surface area contributed by atoms with Crippen molar-refractivity contribution in [3.05, 3.63) is 30.6 Å². The molecule has 0 aliphatic heterocycles. The first-order valence-corrected chi connectivity index (χ1v) is 4.58. The Bertz CT molecular complexity index is 292. The van der Waals surface area contributed by atoms with E-state index in [4.69, 9.17) is 0 Å². The molecule has 1 aliphatic carbocycles. The maximum atomic E-state index is 13.0. The summed E-state index contributed by atoms with van der Waals surface area (Å²) in [6.45, 7) is 3.90. The number of rotatable bonds is 1. The number of halogens is 1. The van der Waals surface area contributed by atoms with Gasteiger partial charge >= 0.3 is 0 Å². The van der Waals surface area contributed by atoms with Gasteiger partial charge in [-0.15, -0.1) is 0 Å². The minimum Gasteiger partial charge on any atom is -0.266 e. The SMILES string of the molecule is C=C1CC(F)CCC1n1cccn1. The van der Waals surface area contributed by atoms with Crippen LogP contribution in [0.4, 0.5) is 4.39 Å². The largest absolute Gasteiger partial charge is 0.266 e. The standard InChI is InChI=1S/C10H13FN2/c1-8-7-9(11)3-4-10(8)13-6-2-5-12-13/h2,5-6,9-10H,1,3-4,7H2. The predicted molar refractivity (Wildman–Crippen MR) is 49.2 cm³/mol. The molecular weight excluding hydrogens is 167 g/mol. The lowest BCUT2D eigenvalue weighted by Crippen LogP contribution is -2.21. The zero-order valence-electron chi connectivity index (χ0n) is 7.49. The van der Waals surface area contributed by atoms with E-state index in [0.29, 0.717) is 12.8 Å². The van der Waals surface area contributed by atoms with E-state index < -0.39 is 6.17 Å². The maximum Gasteiger partial charge on any atom is 0.104 e. The van der Waals surface area contributed by atoms with Crippen LogP contribution in [-0.2, 0) is 0 Å². The normalized spacial score (nSPS) is 29.2. The Morgan fingerprint density at radius 3 is 3.00 bits per heavy atom. The molecule has 1 aliphatic rings. The van der Waals surface area contributed by atoms with E-state index in [1.807, 2.05) is 16.9 Å². The molecule has 0 amide bonds. The highest BCUT2D eigenvalue weighted by molar-refractivity contribution is 5.09. The van der Waals surface area contributed by atoms with Gasteiger partial charge in [0.1, 0.15) is 6.17 Å². The summed E-state index contributed by atoms with van der Waals surface area (Å²) in [7, 11) is 0. The first-order chi connectivity index (χ1) is 6.27. The fourth-order valence-electron chi connectivity index (χ4n) is 1.85. The van der Waals surface area contributed by atoms with E-state index in [1.165, 1.54) is 0 Å². The predicted octanol–water partition coefficient (Wildman–Crippen LogP) is 2.50. The van der Waals surface area contributed by atoms with E-state index in [-0.39, 0.29) is 6.04 Å². The molecule has 1 aromatic rings. The molecular formula is C10H13FN2. The number of hydrogen-bond donors (Lipinski definition) is 0. The third-order valence-corrected chi connectivity index (χ3v) is 2.55. The summed E-state index contributed by atoms with van der Waals surface area (Å²) in [4.78, 5) is 0. The van der Waals surface area contributed by atoms with Gasteiger partial charge in [-0.3, -0.25) is 4.68 Å². The van der Waals surface area contributed by atoms with Crippen LogP contribution in [0, 0.1) is 0 Å². The lowest BCUT2D eigenvalue weighted by Gasteiger charge is -2.26. The van der Waals surface area contributed by atoms with Crippen LogP contribution in [0.15, 0.2) is 30.6 Å². The molecule has 0 spiro atoms. The molecule has 2 nitrogen and oxygen atoms in total. The average molecular weight is 180 g/mol. The Morgan fingerprint density at radius 2 is 2.38 bits per heavy atom. The molecule has 0 saturated heterocycles. The second kappa shape index (κ2) is 3.32. The fourth-order valence-corrected chi connectivity index (χ4v) is 1.85. The van der Waals surface area contributed by atoms with Crippen LogP contribution in [0.5, 0.6) is 0 Å². The van der Waals surface area contributed by atoms with Gasteiger partial charge in [-0.25, -0.2) is 4.39 Å². The average Bonchev–Trinajstić information content (AvgIpc) is 2.56. The molecule has 3 heteroatoms. The van der Waals surface area contributed by atoms with Crippen LogP contribution in [0.25, 0.3) is 0 Å². The Kier molecular flexibility index (Phi) is 2.17. The summed E-state index contributed by atoms with van der Waals surface area (Å²) in [6.07, 6.45) is 4.90. The van der Waals surface area contributed by atoms with Gasteiger partial charge in [0.15, 0.2) is 0 Å². The van der Waals surface area contributed by atoms with E-state index in [2.05, 4.69) is 11.7 Å². The second-order valence-electron chi connectivity index (χ2n) is 3.54. The number of alkyl halides is 1. The fraction of sp³-hybridized carbons (Fsp3) is 0.500. The highest BCUT2D eigenvalue weighted by Gasteiger charge is 2.25. The molecule has 0 radical (unpaired) electrons. The summed E-state index contributed by atoms with van der Waals surface area (Å²) in [5, 5.41) is 4.15. The van der Waals surface area contributed by atoms with Crippen LogP contribution in [0.1, 0.15) is 25.3 Å². The Hall–Kier alpha value is -1.12. The van der Waals surface area contributed by atoms with Crippen molar-refractivity contribution in [1.29, 1.82) is 0 Å². The number of aromatic nitrogens is 2. The second-order valence-corrected chi connectivity index (χ2v) is 3.54. The van der Waals surface area contributed by atoms with Crippen molar-refractivity contribution in [1.82, 2.24) is 9.78 Å². The molecule has 2 unspecified atom stereocenters. The van der Waals surface area contributed by atoms with Crippen molar-refractivity contribution in [2.24, 2.45) is 0 Å². The monoisotopic (exact) mass is 180 g/mol. The third-order valence-electron chi connectivity index (χ3n) is 2.55. The summed E-state index contributed by atoms with van der Waals surface area (Å²) >= 11 is 0. The summed E-state index contributed by atoms with van der Waals surface area (Å²) in [5.74, 6) is 0. The molecule has 1 fully saturated rings. The molecule has 13 heavy (non-hydrogen) atoms. The van der Waals surface area contributed by atoms with E-state index in [0.717, 1.165) is 12.0 Å². The number of allylic oxidation sites excluding steroid dienone is 1. The van der Waals surface area contributed by atoms with E-state index in [9.17, 15) is 4.39 Å². The van der Waals surface area contributed by atoms with E-state index >= 15 is 0 Å². The first kappa shape index (κ1) is 8.48. The molecule has 2 atom stereocenters. The van der Waals surface area contributed by atoms with Gasteiger partial charge in [-0.1, -0.05) is 12.2 Å². The maximum absolute atomic E-state index is 13.0. The highest BCUT2D eigenvalue weighted by Crippen LogP contribution is 2.32. The zero-order chi connectivity index (χ0) is 9.26. The van der Waals surface area contributed by atoms with Gasteiger partial charge in [-0.2, -0.15) is 5.10 Å². The van der Waals surface area contributed by atoms with Gasteiger partial charge in [0, 0.05) is 18.8 Å². The van der Waals surface area contributed by atoms with Crippen LogP contribution in [-0.4, -0.2) is 16.0 Å². The minimum atomic E-state index is -0.695. The minimum absolute atomic E-state index is 0.210. The van der Waals surface area contributed by atoms with Gasteiger partial charge in [0.2, 0.25) is 0 Å². The molecule has 1 heterocycles. The smallest absolute Gasteiger partial charge is 0.104 e. The lowest BCUT2D eigenvalue weighted by molar-refractivity contribution is 0.249. The molecule has 1 saturated carbocycles. The van der Waals surface area contributed by atoms with Crippen molar-refractivity contribution in [3.63, 3.8) is 0 Å². The van der Waals surface area contributed by atoms with Crippen molar-refractivity contribution >= 4 is 0 Å². The first-order valence-electron chi connectivity index (χ1n) is 4.58. The topological polar surface area (TPSA) is 17.8 Å². The lowest BCUT2D eigenvalue weighted by atomic mass is 9.90. The Balaban J connectivity index is 2.13. The number of nitrogens with zero attached hydrogens (tertiary/aromatic N) is 2. The molecule has 70 valence electrons. The van der Waals surface area contributed by atoms with Gasteiger partial charge in [0.05, 0.1) is 6.04 Å². The van der Waals surface area contributed by atoms with Gasteiger partial charge in [0.25, 0.3) is 0 Å². The quantitative estimate of drug-likeness (QED) is 0.607. The van der Waals surface area contributed by atoms with Gasteiger partial charge in [-0.05, 0) is 18.9 Å². The molecule has 0 N–H and O–H groups in total. The van der Waals surface area contributed by atoms with Gasteiger partial charge < -0.3 is 0 Å². The van der Waals surface area contributed by atoms with Crippen LogP contribution < -0.4 is 0 Å². The van der Waals surface area contributed by atoms with Crippen molar-refractivity contribution in [2.45, 2.75) is 31.5 Å². The molecule has 0 bridgehead atoms. The zero-order valence-corrected chi connectivity index (χ0v) is 7.49. The van der Waals surface area contributed by atoms with Crippen LogP contribution in [0.2, 0.25) is 0 Å². The number of hydrogen-bond acceptors (Lipinski definition) is 1. The van der Waals surface area contributed by atoms with E-state index in [1.54, 1.807) is 6.20 Å². The van der Waals surface area contributed by atoms with Crippen LogP contribution >= 0.6 is 0 Å². The van der Waals surface area contributed by atoms with Crippen molar-refractivity contribution < 1.29 is 4.39 Å². The third kappa shape index (κ3) is 1.64. The van der Waals surface area contributed by atoms with Crippen molar-refractivity contribution in [2.75, 3.05) is 0 Å². The molecule has 0 aromatic carbocycles. The Morgan fingerprint density at radius 1 is 1.54 bits per heavy atom. The summed E-state index contributed by atoms with van der Waals surface area (Å²) in [6, 6.07) is 2.09. The molecule has 1 aromatic heterocycles. The summed E-state index contributed by atoms with van der Waals surface area (Å²) in [5.41, 5.74) is 0.961.